The summed E-state index contributed by atoms with van der Waals surface area (Å²) in [6.45, 7) is 4.85. The number of aromatic nitrogens is 1. The molecule has 2 unspecified atom stereocenters. The van der Waals surface area contributed by atoms with Crippen molar-refractivity contribution >= 4 is 41.5 Å². The van der Waals surface area contributed by atoms with Crippen LogP contribution < -0.4 is 33.7 Å². The fourth-order valence-corrected chi connectivity index (χ4v) is 7.82. The zero-order valence-corrected chi connectivity index (χ0v) is 37.7. The summed E-state index contributed by atoms with van der Waals surface area (Å²) < 4.78 is 35.8. The second kappa shape index (κ2) is 21.1. The van der Waals surface area contributed by atoms with Crippen LogP contribution in [0, 0.1) is 13.8 Å². The van der Waals surface area contributed by atoms with Crippen LogP contribution in [0.4, 0.5) is 0 Å². The zero-order valence-electron chi connectivity index (χ0n) is 36.1. The van der Waals surface area contributed by atoms with Crippen molar-refractivity contribution in [2.75, 3.05) is 27.4 Å². The van der Waals surface area contributed by atoms with Gasteiger partial charge in [0, 0.05) is 42.5 Å². The van der Waals surface area contributed by atoms with E-state index in [4.69, 9.17) is 61.5 Å². The lowest BCUT2D eigenvalue weighted by Gasteiger charge is -2.37. The predicted molar refractivity (Wildman–Crippen MR) is 245 cm³/mol. The molecule has 13 nitrogen and oxygen atoms in total. The van der Waals surface area contributed by atoms with E-state index in [9.17, 15) is 9.59 Å². The van der Waals surface area contributed by atoms with E-state index in [1.165, 1.54) is 14.2 Å². The summed E-state index contributed by atoms with van der Waals surface area (Å²) in [5.41, 5.74) is 6.87. The monoisotopic (exact) mass is 919 g/mol. The first-order chi connectivity index (χ1) is 31.5. The molecule has 65 heavy (non-hydrogen) atoms. The molecule has 0 fully saturated rings. The van der Waals surface area contributed by atoms with E-state index in [-0.39, 0.29) is 37.4 Å². The van der Waals surface area contributed by atoms with E-state index < -0.39 is 6.04 Å². The number of hydrogen-bond donors (Lipinski definition) is 2. The Morgan fingerprint density at radius 1 is 0.831 bits per heavy atom. The first-order valence-corrected chi connectivity index (χ1v) is 21.4. The average Bonchev–Trinajstić information content (AvgIpc) is 3.32. The summed E-state index contributed by atoms with van der Waals surface area (Å²) in [5, 5.41) is 11.0. The number of carbonyl (C=O) groups is 3. The summed E-state index contributed by atoms with van der Waals surface area (Å²) in [6, 6.07) is 30.8. The third-order valence-electron chi connectivity index (χ3n) is 11.2. The normalized spacial score (nSPS) is 14.8. The number of rotatable bonds is 13. The van der Waals surface area contributed by atoms with Crippen molar-refractivity contribution in [2.24, 2.45) is 0 Å². The van der Waals surface area contributed by atoms with E-state index in [1.807, 2.05) is 86.6 Å². The molecule has 0 spiro atoms. The molecule has 1 aromatic heterocycles. The highest BCUT2D eigenvalue weighted by atomic mass is 35.5. The Bertz CT molecular complexity index is 2660. The molecular weight excluding hydrogens is 873 g/mol. The largest absolute Gasteiger partial charge is 0.493 e. The maximum absolute atomic E-state index is 14.4. The van der Waals surface area contributed by atoms with Gasteiger partial charge in [-0.1, -0.05) is 53.5 Å². The summed E-state index contributed by atoms with van der Waals surface area (Å²) in [5.74, 6) is 3.63. The van der Waals surface area contributed by atoms with Crippen molar-refractivity contribution in [3.63, 3.8) is 0 Å². The van der Waals surface area contributed by atoms with E-state index >= 15 is 0 Å². The van der Waals surface area contributed by atoms with Gasteiger partial charge in [0.2, 0.25) is 5.91 Å². The number of hydrogen-bond acceptors (Lipinski definition) is 10. The van der Waals surface area contributed by atoms with Crippen LogP contribution in [0.25, 0.3) is 0 Å². The minimum atomic E-state index is -0.793. The van der Waals surface area contributed by atoms with Crippen LogP contribution in [-0.2, 0) is 35.6 Å². The first kappa shape index (κ1) is 46.0. The predicted octanol–water partition coefficient (Wildman–Crippen LogP) is 9.53. The van der Waals surface area contributed by atoms with E-state index in [0.717, 1.165) is 44.8 Å². The maximum atomic E-state index is 14.4. The molecular formula is C50H47Cl2N3O10. The second-order valence-electron chi connectivity index (χ2n) is 15.2. The van der Waals surface area contributed by atoms with Crippen molar-refractivity contribution < 1.29 is 47.9 Å². The van der Waals surface area contributed by atoms with Gasteiger partial charge in [0.05, 0.1) is 24.3 Å². The molecule has 2 aliphatic rings. The van der Waals surface area contributed by atoms with Gasteiger partial charge in [-0.15, -0.1) is 0 Å². The van der Waals surface area contributed by atoms with Gasteiger partial charge in [-0.05, 0) is 121 Å². The van der Waals surface area contributed by atoms with Gasteiger partial charge in [-0.3, -0.25) is 19.4 Å². The topological polar surface area (TPSA) is 155 Å². The highest BCUT2D eigenvalue weighted by Crippen LogP contribution is 2.41. The van der Waals surface area contributed by atoms with Gasteiger partial charge in [0.1, 0.15) is 36.5 Å². The van der Waals surface area contributed by atoms with E-state index in [1.54, 1.807) is 41.4 Å². The molecule has 0 aliphatic carbocycles. The number of pyridine rings is 1. The van der Waals surface area contributed by atoms with Gasteiger partial charge < -0.3 is 43.7 Å². The van der Waals surface area contributed by atoms with Gasteiger partial charge in [-0.25, -0.2) is 0 Å². The van der Waals surface area contributed by atoms with Crippen molar-refractivity contribution in [1.29, 1.82) is 0 Å². The molecule has 3 heterocycles. The molecule has 336 valence electrons. The highest BCUT2D eigenvalue weighted by Gasteiger charge is 2.37. The van der Waals surface area contributed by atoms with E-state index in [2.05, 4.69) is 10.3 Å². The van der Waals surface area contributed by atoms with Crippen LogP contribution in [0.1, 0.15) is 55.5 Å². The zero-order chi connectivity index (χ0) is 46.0. The third-order valence-corrected chi connectivity index (χ3v) is 11.9. The van der Waals surface area contributed by atoms with Crippen LogP contribution in [0.5, 0.6) is 40.2 Å². The van der Waals surface area contributed by atoms with Crippen LogP contribution in [0.15, 0.2) is 109 Å². The molecule has 0 bridgehead atoms. The Labute approximate surface area is 386 Å². The van der Waals surface area contributed by atoms with Crippen molar-refractivity contribution in [2.45, 2.75) is 52.0 Å². The Hall–Kier alpha value is -6.96. The smallest absolute Gasteiger partial charge is 0.290 e. The lowest BCUT2D eigenvalue weighted by atomic mass is 9.91. The molecule has 2 aliphatic heterocycles. The summed E-state index contributed by atoms with van der Waals surface area (Å²) in [7, 11) is 3.05. The van der Waals surface area contributed by atoms with Crippen LogP contribution >= 0.6 is 23.2 Å². The van der Waals surface area contributed by atoms with Gasteiger partial charge in [0.25, 0.3) is 12.4 Å². The number of nitrogens with zero attached hydrogens (tertiary/aromatic N) is 2. The quantitative estimate of drug-likeness (QED) is 0.107. The Morgan fingerprint density at radius 3 is 2.26 bits per heavy atom. The SMILES string of the molecule is COc1ccc(C(=O)N2Cc3cc4c(cc3CC2C(=O)NCCc2ccc(Oc3ccnc(C)c3C)cc2)OCC(c2ccc(OCc3ccc(Cl)c(Cl)c3)cc2)O4)cc1OC.O=CO. The van der Waals surface area contributed by atoms with E-state index in [0.29, 0.717) is 76.3 Å². The lowest BCUT2D eigenvalue weighted by Crippen LogP contribution is -2.52. The average molecular weight is 921 g/mol. The van der Waals surface area contributed by atoms with Crippen LogP contribution in [0.2, 0.25) is 10.0 Å². The molecule has 15 heteroatoms. The van der Waals surface area contributed by atoms with Crippen LogP contribution in [-0.4, -0.2) is 66.7 Å². The van der Waals surface area contributed by atoms with Crippen molar-refractivity contribution in [3.8, 4) is 40.2 Å². The molecule has 0 saturated heterocycles. The molecule has 2 N–H and O–H groups in total. The molecule has 0 saturated carbocycles. The molecule has 2 amide bonds. The van der Waals surface area contributed by atoms with Gasteiger partial charge in [0.15, 0.2) is 29.1 Å². The fourth-order valence-electron chi connectivity index (χ4n) is 7.50. The summed E-state index contributed by atoms with van der Waals surface area (Å²) in [4.78, 5) is 42.7. The number of amides is 2. The highest BCUT2D eigenvalue weighted by molar-refractivity contribution is 6.42. The van der Waals surface area contributed by atoms with Gasteiger partial charge >= 0.3 is 0 Å². The van der Waals surface area contributed by atoms with Crippen molar-refractivity contribution in [1.82, 2.24) is 15.2 Å². The van der Waals surface area contributed by atoms with Crippen LogP contribution in [0.3, 0.4) is 0 Å². The number of aryl methyl sites for hydroxylation is 1. The molecule has 6 aromatic rings. The third kappa shape index (κ3) is 11.1. The number of methoxy groups -OCH3 is 2. The number of carboxylic acid groups (broad SMARTS) is 1. The fraction of sp³-hybridized carbons (Fsp3) is 0.240. The first-order valence-electron chi connectivity index (χ1n) is 20.7. The summed E-state index contributed by atoms with van der Waals surface area (Å²) >= 11 is 12.2. The molecule has 8 rings (SSSR count). The Morgan fingerprint density at radius 2 is 1.54 bits per heavy atom. The second-order valence-corrected chi connectivity index (χ2v) is 16.0. The minimum Gasteiger partial charge on any atom is -0.493 e. The summed E-state index contributed by atoms with van der Waals surface area (Å²) in [6.07, 6.45) is 2.22. The Kier molecular flexibility index (Phi) is 15.0. The standard InChI is InChI=1S/C49H45Cl2N3O8.CH2O2/c1-29-30(2)52-20-18-42(29)61-38-11-5-31(6-12-38)17-19-53-48(55)41-22-35-24-45-46(25-36(35)26-54(41)49(56)34-10-16-43(57-3)44(23-34)58-4)62-47(28-60-45)33-8-13-37(14-9-33)59-27-32-7-15-39(50)40(51)21-32;2-1-3/h5-16,18,20-21,23-25,41,47H,17,19,22,26-28H2,1-4H3,(H,53,55);1H,(H,2,3). The van der Waals surface area contributed by atoms with Gasteiger partial charge in [-0.2, -0.15) is 0 Å². The Balaban J connectivity index is 0.00000204. The molecule has 2 atom stereocenters. The van der Waals surface area contributed by atoms with Crippen molar-refractivity contribution in [3.05, 3.63) is 164 Å². The molecule has 0 radical (unpaired) electrons. The number of carbonyl (C=O) groups excluding carboxylic acids is 2. The number of benzene rings is 5. The lowest BCUT2D eigenvalue weighted by molar-refractivity contribution is -0.126. The number of halogens is 2. The number of nitrogens with one attached hydrogen (secondary N) is 1. The number of ether oxygens (including phenoxy) is 6. The minimum absolute atomic E-state index is 0.171. The number of fused-ring (bicyclic) bond motifs is 2. The maximum Gasteiger partial charge on any atom is 0.290 e. The molecule has 5 aromatic carbocycles.